The number of nitrogens with one attached hydrogen (secondary N) is 1. The number of halogens is 2. The summed E-state index contributed by atoms with van der Waals surface area (Å²) in [5.41, 5.74) is 7.36. The third kappa shape index (κ3) is 3.22. The second kappa shape index (κ2) is 6.13. The van der Waals surface area contributed by atoms with Gasteiger partial charge in [-0.25, -0.2) is 4.39 Å². The van der Waals surface area contributed by atoms with Crippen LogP contribution in [0.15, 0.2) is 40.9 Å². The molecular formula is C15H16BrFN2O. The van der Waals surface area contributed by atoms with Gasteiger partial charge in [-0.15, -0.1) is 0 Å². The molecule has 2 aromatic carbocycles. The molecule has 0 aliphatic heterocycles. The Morgan fingerprint density at radius 3 is 2.70 bits per heavy atom. The van der Waals surface area contributed by atoms with Crippen LogP contribution in [-0.4, -0.2) is 7.11 Å². The van der Waals surface area contributed by atoms with E-state index >= 15 is 0 Å². The van der Waals surface area contributed by atoms with Gasteiger partial charge in [0.1, 0.15) is 11.6 Å². The van der Waals surface area contributed by atoms with Crippen molar-refractivity contribution >= 4 is 27.3 Å². The quantitative estimate of drug-likeness (QED) is 0.814. The van der Waals surface area contributed by atoms with Crippen LogP contribution in [0.2, 0.25) is 0 Å². The minimum absolute atomic E-state index is 0.0460. The van der Waals surface area contributed by atoms with E-state index in [-0.39, 0.29) is 11.7 Å². The van der Waals surface area contributed by atoms with E-state index in [2.05, 4.69) is 21.2 Å². The third-order valence-corrected chi connectivity index (χ3v) is 3.53. The first-order valence-corrected chi connectivity index (χ1v) is 6.95. The molecule has 0 saturated carbocycles. The molecule has 0 spiro atoms. The second-order valence-electron chi connectivity index (χ2n) is 4.50. The smallest absolute Gasteiger partial charge is 0.148 e. The van der Waals surface area contributed by atoms with Crippen molar-refractivity contribution in [1.29, 1.82) is 0 Å². The van der Waals surface area contributed by atoms with Crippen LogP contribution in [0.25, 0.3) is 0 Å². The normalized spacial score (nSPS) is 12.0. The lowest BCUT2D eigenvalue weighted by Gasteiger charge is -2.18. The molecule has 0 aromatic heterocycles. The highest BCUT2D eigenvalue weighted by Crippen LogP contribution is 2.30. The van der Waals surface area contributed by atoms with Crippen molar-refractivity contribution in [3.63, 3.8) is 0 Å². The van der Waals surface area contributed by atoms with E-state index in [1.54, 1.807) is 6.07 Å². The fraction of sp³-hybridized carbons (Fsp3) is 0.200. The predicted octanol–water partition coefficient (Wildman–Crippen LogP) is 4.35. The number of ether oxygens (including phenoxy) is 1. The first-order valence-electron chi connectivity index (χ1n) is 6.16. The summed E-state index contributed by atoms with van der Waals surface area (Å²) in [6, 6.07) is 10.6. The van der Waals surface area contributed by atoms with E-state index < -0.39 is 5.82 Å². The number of hydrogen-bond acceptors (Lipinski definition) is 3. The van der Waals surface area contributed by atoms with Crippen LogP contribution in [0, 0.1) is 5.82 Å². The van der Waals surface area contributed by atoms with Crippen LogP contribution < -0.4 is 15.8 Å². The van der Waals surface area contributed by atoms with Crippen molar-refractivity contribution in [3.8, 4) is 5.75 Å². The summed E-state index contributed by atoms with van der Waals surface area (Å²) in [4.78, 5) is 0. The molecule has 1 unspecified atom stereocenters. The van der Waals surface area contributed by atoms with Gasteiger partial charge in [0.2, 0.25) is 0 Å². The van der Waals surface area contributed by atoms with Gasteiger partial charge >= 0.3 is 0 Å². The summed E-state index contributed by atoms with van der Waals surface area (Å²) in [5.74, 6) is 0.0560. The Labute approximate surface area is 126 Å². The predicted molar refractivity (Wildman–Crippen MR) is 83.5 cm³/mol. The monoisotopic (exact) mass is 338 g/mol. The Kier molecular flexibility index (Phi) is 4.49. The minimum atomic E-state index is -0.398. The van der Waals surface area contributed by atoms with Gasteiger partial charge in [0.05, 0.1) is 18.5 Å². The Bertz CT molecular complexity index is 619. The summed E-state index contributed by atoms with van der Waals surface area (Å²) in [5, 5.41) is 3.12. The standard InChI is InChI=1S/C15H16BrFN2O/c1-9(10-4-3-5-11(16)6-10)19-14-8-15(20-2)13(18)7-12(14)17/h3-9,19H,18H2,1-2H3. The fourth-order valence-corrected chi connectivity index (χ4v) is 2.37. The number of nitrogens with two attached hydrogens (primary N) is 1. The largest absolute Gasteiger partial charge is 0.495 e. The molecule has 0 radical (unpaired) electrons. The van der Waals surface area contributed by atoms with Crippen molar-refractivity contribution < 1.29 is 9.13 Å². The molecule has 20 heavy (non-hydrogen) atoms. The van der Waals surface area contributed by atoms with Gasteiger partial charge in [0.15, 0.2) is 0 Å². The zero-order valence-corrected chi connectivity index (χ0v) is 12.9. The summed E-state index contributed by atoms with van der Waals surface area (Å²) >= 11 is 3.42. The zero-order chi connectivity index (χ0) is 14.7. The van der Waals surface area contributed by atoms with Crippen molar-refractivity contribution in [1.82, 2.24) is 0 Å². The van der Waals surface area contributed by atoms with Gasteiger partial charge in [0.25, 0.3) is 0 Å². The molecule has 2 aromatic rings. The molecule has 0 amide bonds. The highest BCUT2D eigenvalue weighted by molar-refractivity contribution is 9.10. The maximum atomic E-state index is 13.9. The summed E-state index contributed by atoms with van der Waals surface area (Å²) in [7, 11) is 1.51. The van der Waals surface area contributed by atoms with Gasteiger partial charge in [-0.1, -0.05) is 28.1 Å². The van der Waals surface area contributed by atoms with E-state index in [0.29, 0.717) is 11.4 Å². The Morgan fingerprint density at radius 1 is 1.30 bits per heavy atom. The van der Waals surface area contributed by atoms with Crippen LogP contribution >= 0.6 is 15.9 Å². The van der Waals surface area contributed by atoms with Gasteiger partial charge < -0.3 is 15.8 Å². The maximum Gasteiger partial charge on any atom is 0.148 e. The van der Waals surface area contributed by atoms with Crippen LogP contribution in [-0.2, 0) is 0 Å². The highest BCUT2D eigenvalue weighted by atomic mass is 79.9. The fourth-order valence-electron chi connectivity index (χ4n) is 1.95. The zero-order valence-electron chi connectivity index (χ0n) is 11.3. The molecule has 0 saturated heterocycles. The van der Waals surface area contributed by atoms with Crippen LogP contribution in [0.4, 0.5) is 15.8 Å². The summed E-state index contributed by atoms with van der Waals surface area (Å²) in [6.07, 6.45) is 0. The highest BCUT2D eigenvalue weighted by Gasteiger charge is 2.12. The SMILES string of the molecule is COc1cc(NC(C)c2cccc(Br)c2)c(F)cc1N. The van der Waals surface area contributed by atoms with Gasteiger partial charge in [0, 0.05) is 22.6 Å². The molecule has 0 bridgehead atoms. The van der Waals surface area contributed by atoms with Gasteiger partial charge in [-0.2, -0.15) is 0 Å². The van der Waals surface area contributed by atoms with E-state index in [1.807, 2.05) is 31.2 Å². The summed E-state index contributed by atoms with van der Waals surface area (Å²) < 4.78 is 20.0. The van der Waals surface area contributed by atoms with E-state index in [1.165, 1.54) is 13.2 Å². The number of benzene rings is 2. The summed E-state index contributed by atoms with van der Waals surface area (Å²) in [6.45, 7) is 1.96. The number of hydrogen-bond donors (Lipinski definition) is 2. The minimum Gasteiger partial charge on any atom is -0.495 e. The molecule has 3 nitrogen and oxygen atoms in total. The first-order chi connectivity index (χ1) is 9.51. The lowest BCUT2D eigenvalue weighted by atomic mass is 10.1. The average Bonchev–Trinajstić information content (AvgIpc) is 2.41. The van der Waals surface area contributed by atoms with Crippen LogP contribution in [0.5, 0.6) is 5.75 Å². The molecule has 5 heteroatoms. The van der Waals surface area contributed by atoms with Gasteiger partial charge in [-0.3, -0.25) is 0 Å². The Hall–Kier alpha value is -1.75. The maximum absolute atomic E-state index is 13.9. The Morgan fingerprint density at radius 2 is 2.05 bits per heavy atom. The Balaban J connectivity index is 2.25. The molecule has 0 heterocycles. The molecule has 106 valence electrons. The number of rotatable bonds is 4. The lowest BCUT2D eigenvalue weighted by Crippen LogP contribution is -2.08. The third-order valence-electron chi connectivity index (χ3n) is 3.04. The van der Waals surface area contributed by atoms with Crippen molar-refractivity contribution in [3.05, 3.63) is 52.3 Å². The molecule has 0 fully saturated rings. The van der Waals surface area contributed by atoms with Crippen molar-refractivity contribution in [2.75, 3.05) is 18.2 Å². The topological polar surface area (TPSA) is 47.3 Å². The second-order valence-corrected chi connectivity index (χ2v) is 5.41. The number of anilines is 2. The molecule has 0 aliphatic carbocycles. The van der Waals surface area contributed by atoms with Crippen molar-refractivity contribution in [2.24, 2.45) is 0 Å². The van der Waals surface area contributed by atoms with Crippen LogP contribution in [0.1, 0.15) is 18.5 Å². The van der Waals surface area contributed by atoms with E-state index in [9.17, 15) is 4.39 Å². The van der Waals surface area contributed by atoms with E-state index in [4.69, 9.17) is 10.5 Å². The van der Waals surface area contributed by atoms with Crippen molar-refractivity contribution in [2.45, 2.75) is 13.0 Å². The number of methoxy groups -OCH3 is 1. The lowest BCUT2D eigenvalue weighted by molar-refractivity contribution is 0.416. The molecule has 2 rings (SSSR count). The van der Waals surface area contributed by atoms with Gasteiger partial charge in [-0.05, 0) is 24.6 Å². The molecular weight excluding hydrogens is 323 g/mol. The first kappa shape index (κ1) is 14.7. The van der Waals surface area contributed by atoms with E-state index in [0.717, 1.165) is 10.0 Å². The molecule has 0 aliphatic rings. The molecule has 3 N–H and O–H groups in total. The number of nitrogen functional groups attached to an aromatic ring is 1. The average molecular weight is 339 g/mol. The van der Waals surface area contributed by atoms with Crippen LogP contribution in [0.3, 0.4) is 0 Å². The molecule has 1 atom stereocenters.